The first kappa shape index (κ1) is 15.1. The molecule has 2 aliphatic rings. The van der Waals surface area contributed by atoms with Gasteiger partial charge in [-0.2, -0.15) is 0 Å². The van der Waals surface area contributed by atoms with E-state index in [1.807, 2.05) is 7.11 Å². The van der Waals surface area contributed by atoms with Crippen LogP contribution in [-0.4, -0.2) is 25.3 Å². The number of rotatable bonds is 6. The van der Waals surface area contributed by atoms with Crippen LogP contribution in [0.1, 0.15) is 62.5 Å². The van der Waals surface area contributed by atoms with E-state index >= 15 is 0 Å². The van der Waals surface area contributed by atoms with Gasteiger partial charge in [-0.3, -0.25) is 0 Å². The summed E-state index contributed by atoms with van der Waals surface area (Å²) in [6.07, 6.45) is 8.90. The van der Waals surface area contributed by atoms with Gasteiger partial charge >= 0.3 is 0 Å². The molecule has 0 heterocycles. The number of nitrogens with one attached hydrogen (secondary N) is 1. The quantitative estimate of drug-likeness (QED) is 0.852. The Hall–Kier alpha value is -0.860. The second-order valence-corrected chi connectivity index (χ2v) is 6.76. The lowest BCUT2D eigenvalue weighted by molar-refractivity contribution is -0.101. The van der Waals surface area contributed by atoms with Crippen LogP contribution in [0.3, 0.4) is 0 Å². The SMILES string of the molecule is CCNC(CC1CCCc2ccccc21)C1(OC)CCC1. The van der Waals surface area contributed by atoms with E-state index in [0.29, 0.717) is 12.0 Å². The Morgan fingerprint density at radius 1 is 1.29 bits per heavy atom. The minimum absolute atomic E-state index is 0.0996. The fourth-order valence-corrected chi connectivity index (χ4v) is 4.33. The van der Waals surface area contributed by atoms with Crippen molar-refractivity contribution in [3.05, 3.63) is 35.4 Å². The molecule has 0 aromatic heterocycles. The topological polar surface area (TPSA) is 21.3 Å². The highest BCUT2D eigenvalue weighted by atomic mass is 16.5. The zero-order valence-electron chi connectivity index (χ0n) is 13.5. The lowest BCUT2D eigenvalue weighted by Crippen LogP contribution is -2.57. The van der Waals surface area contributed by atoms with Crippen molar-refractivity contribution >= 4 is 0 Å². The Morgan fingerprint density at radius 3 is 2.76 bits per heavy atom. The van der Waals surface area contributed by atoms with Crippen LogP contribution in [0.15, 0.2) is 24.3 Å². The Bertz CT molecular complexity index is 461. The fourth-order valence-electron chi connectivity index (χ4n) is 4.33. The molecule has 1 fully saturated rings. The molecule has 2 unspecified atom stereocenters. The molecule has 2 aliphatic carbocycles. The number of hydrogen-bond donors (Lipinski definition) is 1. The van der Waals surface area contributed by atoms with Gasteiger partial charge in [0.2, 0.25) is 0 Å². The van der Waals surface area contributed by atoms with Crippen molar-refractivity contribution in [2.24, 2.45) is 0 Å². The minimum Gasteiger partial charge on any atom is -0.377 e. The van der Waals surface area contributed by atoms with E-state index in [9.17, 15) is 0 Å². The molecule has 116 valence electrons. The van der Waals surface area contributed by atoms with E-state index in [1.54, 1.807) is 11.1 Å². The monoisotopic (exact) mass is 287 g/mol. The lowest BCUT2D eigenvalue weighted by Gasteiger charge is -2.48. The molecule has 1 aromatic rings. The maximum absolute atomic E-state index is 5.96. The normalized spacial score (nSPS) is 25.0. The predicted molar refractivity (Wildman–Crippen MR) is 87.8 cm³/mol. The summed E-state index contributed by atoms with van der Waals surface area (Å²) in [6, 6.07) is 9.56. The third-order valence-corrected chi connectivity index (χ3v) is 5.71. The third kappa shape index (κ3) is 2.89. The molecule has 0 saturated heterocycles. The van der Waals surface area contributed by atoms with Crippen molar-refractivity contribution in [1.29, 1.82) is 0 Å². The van der Waals surface area contributed by atoms with Gasteiger partial charge in [0, 0.05) is 13.2 Å². The summed E-state index contributed by atoms with van der Waals surface area (Å²) in [5.74, 6) is 0.701. The van der Waals surface area contributed by atoms with Gasteiger partial charge in [0.25, 0.3) is 0 Å². The number of benzene rings is 1. The van der Waals surface area contributed by atoms with Crippen LogP contribution in [0.25, 0.3) is 0 Å². The highest BCUT2D eigenvalue weighted by Gasteiger charge is 2.45. The lowest BCUT2D eigenvalue weighted by atomic mass is 9.69. The summed E-state index contributed by atoms with van der Waals surface area (Å²) in [7, 11) is 1.90. The van der Waals surface area contributed by atoms with E-state index in [-0.39, 0.29) is 5.60 Å². The molecule has 0 amide bonds. The van der Waals surface area contributed by atoms with Gasteiger partial charge in [0.1, 0.15) is 0 Å². The Kier molecular flexibility index (Phi) is 4.66. The number of ether oxygens (including phenoxy) is 1. The molecule has 0 radical (unpaired) electrons. The molecule has 0 aliphatic heterocycles. The zero-order valence-corrected chi connectivity index (χ0v) is 13.5. The van der Waals surface area contributed by atoms with Crippen molar-refractivity contribution in [1.82, 2.24) is 5.32 Å². The van der Waals surface area contributed by atoms with E-state index in [0.717, 1.165) is 6.54 Å². The Morgan fingerprint density at radius 2 is 2.10 bits per heavy atom. The van der Waals surface area contributed by atoms with Crippen LogP contribution >= 0.6 is 0 Å². The van der Waals surface area contributed by atoms with Crippen molar-refractivity contribution in [3.63, 3.8) is 0 Å². The molecular formula is C19H29NO. The van der Waals surface area contributed by atoms with E-state index in [4.69, 9.17) is 4.74 Å². The Labute approximate surface area is 129 Å². The van der Waals surface area contributed by atoms with Crippen LogP contribution < -0.4 is 5.32 Å². The highest BCUT2D eigenvalue weighted by Crippen LogP contribution is 2.43. The van der Waals surface area contributed by atoms with E-state index in [1.165, 1.54) is 44.9 Å². The van der Waals surface area contributed by atoms with Crippen molar-refractivity contribution < 1.29 is 4.74 Å². The predicted octanol–water partition coefficient (Wildman–Crippen LogP) is 4.04. The number of aryl methyl sites for hydroxylation is 1. The highest BCUT2D eigenvalue weighted by molar-refractivity contribution is 5.33. The van der Waals surface area contributed by atoms with Crippen molar-refractivity contribution in [2.45, 2.75) is 69.4 Å². The second kappa shape index (κ2) is 6.50. The Balaban J connectivity index is 1.77. The molecular weight excluding hydrogens is 258 g/mol. The standard InChI is InChI=1S/C19H29NO/c1-3-20-18(19(21-2)12-7-13-19)14-16-10-6-9-15-8-4-5-11-17(15)16/h4-5,8,11,16,18,20H,3,6-7,9-10,12-14H2,1-2H3. The van der Waals surface area contributed by atoms with Gasteiger partial charge < -0.3 is 10.1 Å². The second-order valence-electron chi connectivity index (χ2n) is 6.76. The number of methoxy groups -OCH3 is 1. The van der Waals surface area contributed by atoms with Gasteiger partial charge in [-0.05, 0) is 68.5 Å². The first-order valence-corrected chi connectivity index (χ1v) is 8.65. The van der Waals surface area contributed by atoms with E-state index in [2.05, 4.69) is 36.5 Å². The summed E-state index contributed by atoms with van der Waals surface area (Å²) in [5, 5.41) is 3.73. The fraction of sp³-hybridized carbons (Fsp3) is 0.684. The molecule has 21 heavy (non-hydrogen) atoms. The third-order valence-electron chi connectivity index (χ3n) is 5.71. The smallest absolute Gasteiger partial charge is 0.0831 e. The van der Waals surface area contributed by atoms with Gasteiger partial charge in [-0.25, -0.2) is 0 Å². The van der Waals surface area contributed by atoms with Gasteiger partial charge in [-0.15, -0.1) is 0 Å². The van der Waals surface area contributed by atoms with E-state index < -0.39 is 0 Å². The number of fused-ring (bicyclic) bond motifs is 1. The molecule has 1 aromatic carbocycles. The maximum atomic E-state index is 5.96. The van der Waals surface area contributed by atoms with Crippen LogP contribution in [-0.2, 0) is 11.2 Å². The number of hydrogen-bond acceptors (Lipinski definition) is 2. The molecule has 3 rings (SSSR count). The number of likely N-dealkylation sites (N-methyl/N-ethyl adjacent to an activating group) is 1. The molecule has 1 saturated carbocycles. The van der Waals surface area contributed by atoms with Crippen LogP contribution in [0, 0.1) is 0 Å². The van der Waals surface area contributed by atoms with Crippen molar-refractivity contribution in [3.8, 4) is 0 Å². The van der Waals surface area contributed by atoms with Gasteiger partial charge in [0.05, 0.1) is 5.60 Å². The first-order valence-electron chi connectivity index (χ1n) is 8.65. The maximum Gasteiger partial charge on any atom is 0.0831 e. The first-order chi connectivity index (χ1) is 10.3. The molecule has 1 N–H and O–H groups in total. The summed E-state index contributed by atoms with van der Waals surface area (Å²) < 4.78 is 5.96. The molecule has 2 atom stereocenters. The molecule has 2 nitrogen and oxygen atoms in total. The van der Waals surface area contributed by atoms with Crippen molar-refractivity contribution in [2.75, 3.05) is 13.7 Å². The summed E-state index contributed by atoms with van der Waals surface area (Å²) in [4.78, 5) is 0. The van der Waals surface area contributed by atoms with Crippen LogP contribution in [0.5, 0.6) is 0 Å². The molecule has 2 heteroatoms. The average Bonchev–Trinajstić information content (AvgIpc) is 2.47. The van der Waals surface area contributed by atoms with Gasteiger partial charge in [0.15, 0.2) is 0 Å². The van der Waals surface area contributed by atoms with Gasteiger partial charge in [-0.1, -0.05) is 31.2 Å². The summed E-state index contributed by atoms with van der Waals surface area (Å²) >= 11 is 0. The summed E-state index contributed by atoms with van der Waals surface area (Å²) in [5.41, 5.74) is 3.27. The minimum atomic E-state index is 0.0996. The van der Waals surface area contributed by atoms with Crippen LogP contribution in [0.4, 0.5) is 0 Å². The summed E-state index contributed by atoms with van der Waals surface area (Å²) in [6.45, 7) is 3.24. The molecule has 0 bridgehead atoms. The zero-order chi connectivity index (χ0) is 14.7. The molecule has 0 spiro atoms. The van der Waals surface area contributed by atoms with Crippen LogP contribution in [0.2, 0.25) is 0 Å². The largest absolute Gasteiger partial charge is 0.377 e. The average molecular weight is 287 g/mol.